The third kappa shape index (κ3) is 17.3. The summed E-state index contributed by atoms with van der Waals surface area (Å²) in [7, 11) is 2.59. The van der Waals surface area contributed by atoms with E-state index >= 15 is 0 Å². The molecule has 0 aliphatic rings. The van der Waals surface area contributed by atoms with Crippen LogP contribution in [0.3, 0.4) is 0 Å². The van der Waals surface area contributed by atoms with Gasteiger partial charge >= 0.3 is 24.1 Å². The normalized spacial score (nSPS) is 11.9. The predicted octanol–water partition coefficient (Wildman–Crippen LogP) is 1.13. The molecule has 0 saturated carbocycles. The molecule has 22 nitrogen and oxygen atoms in total. The van der Waals surface area contributed by atoms with Crippen molar-refractivity contribution in [2.24, 2.45) is 0 Å². The lowest BCUT2D eigenvalue weighted by molar-refractivity contribution is -0.140. The summed E-state index contributed by atoms with van der Waals surface area (Å²) < 4.78 is 20.1. The van der Waals surface area contributed by atoms with E-state index in [9.17, 15) is 38.7 Å². The topological polar surface area (TPSA) is 325 Å². The van der Waals surface area contributed by atoms with E-state index in [1.165, 1.54) is 39.9 Å². The van der Waals surface area contributed by atoms with E-state index in [1.54, 1.807) is 18.4 Å². The molecule has 0 fully saturated rings. The number of nitrogens with two attached hydrogens (primary N) is 1. The van der Waals surface area contributed by atoms with Crippen LogP contribution in [0, 0.1) is 0 Å². The molecule has 9 N–H and O–H groups in total. The summed E-state index contributed by atoms with van der Waals surface area (Å²) in [6, 6.07) is 3.79. The Kier molecular flexibility index (Phi) is 19.8. The van der Waals surface area contributed by atoms with Crippen molar-refractivity contribution in [3.05, 3.63) is 52.1 Å². The smallest absolute Gasteiger partial charge is 0.410 e. The number of ketones is 1. The number of amides is 3. The van der Waals surface area contributed by atoms with Crippen LogP contribution in [0.15, 0.2) is 35.3 Å². The lowest BCUT2D eigenvalue weighted by atomic mass is 10.1. The Morgan fingerprint density at radius 1 is 0.895 bits per heavy atom. The Bertz CT molecular complexity index is 1890. The number of carboxylic acid groups (broad SMARTS) is 2. The van der Waals surface area contributed by atoms with Gasteiger partial charge in [-0.3, -0.25) is 19.4 Å². The molecule has 0 radical (unpaired) electrons. The predicted molar refractivity (Wildman–Crippen MR) is 207 cm³/mol. The van der Waals surface area contributed by atoms with Gasteiger partial charge in [0, 0.05) is 43.0 Å². The highest BCUT2D eigenvalue weighted by atomic mass is 33.1. The molecule has 0 aliphatic heterocycles. The van der Waals surface area contributed by atoms with Crippen LogP contribution in [0.5, 0.6) is 0 Å². The first-order chi connectivity index (χ1) is 27.4. The zero-order valence-corrected chi connectivity index (χ0v) is 32.3. The Hall–Kier alpha value is -5.72. The Balaban J connectivity index is 1.22. The number of anilines is 2. The van der Waals surface area contributed by atoms with Crippen molar-refractivity contribution >= 4 is 80.2 Å². The number of hydrogen-bond donors (Lipinski definition) is 8. The number of carboxylic acids is 2. The summed E-state index contributed by atoms with van der Waals surface area (Å²) >= 11 is 0. The minimum Gasteiger partial charge on any atom is -0.480 e. The van der Waals surface area contributed by atoms with Gasteiger partial charge in [0.2, 0.25) is 12.7 Å². The summed E-state index contributed by atoms with van der Waals surface area (Å²) in [6.07, 6.45) is 1.66. The Morgan fingerprint density at radius 2 is 1.60 bits per heavy atom. The molecule has 310 valence electrons. The number of carbonyl (C=O) groups excluding carboxylic acids is 4. The van der Waals surface area contributed by atoms with Gasteiger partial charge in [0.05, 0.1) is 38.3 Å². The number of rotatable bonds is 26. The summed E-state index contributed by atoms with van der Waals surface area (Å²) in [5.74, 6) is -3.27. The minimum absolute atomic E-state index is 0.0401. The third-order valence-corrected chi connectivity index (χ3v) is 9.20. The van der Waals surface area contributed by atoms with Crippen molar-refractivity contribution in [3.63, 3.8) is 0 Å². The highest BCUT2D eigenvalue weighted by molar-refractivity contribution is 8.76. The molecule has 1 aromatic carbocycles. The number of aliphatic carboxylic acids is 2. The minimum atomic E-state index is -1.28. The lowest BCUT2D eigenvalue weighted by Crippen LogP contribution is -2.43. The second kappa shape index (κ2) is 24.7. The number of nitrogen functional groups attached to an aromatic ring is 1. The first-order valence-electron chi connectivity index (χ1n) is 17.1. The molecule has 3 rings (SSSR count). The fourth-order valence-corrected chi connectivity index (χ4v) is 5.83. The van der Waals surface area contributed by atoms with E-state index in [0.29, 0.717) is 17.8 Å². The van der Waals surface area contributed by atoms with Crippen LogP contribution in [0.4, 0.5) is 21.2 Å². The van der Waals surface area contributed by atoms with E-state index < -0.39 is 54.5 Å². The number of nitrogens with zero attached hydrogens (tertiary/aromatic N) is 3. The first kappa shape index (κ1) is 45.7. The van der Waals surface area contributed by atoms with Crippen LogP contribution in [0.1, 0.15) is 41.7 Å². The maximum Gasteiger partial charge on any atom is 0.410 e. The molecular weight excluding hydrogens is 795 g/mol. The molecule has 2 aromatic heterocycles. The molecule has 2 heterocycles. The first-order valence-corrected chi connectivity index (χ1v) is 19.9. The monoisotopic (exact) mass is 837 g/mol. The summed E-state index contributed by atoms with van der Waals surface area (Å²) in [6.45, 7) is 0.356. The SMILES string of the molecule is CSSCC(NC(=O)OCOC(=O)NCCOCCOCCCC(=O)CC[C@H](NC(=O)c1ccc(NCc2cnc3nc(N)[nH]c(=O)c3n2)cc1)C(=O)O)C(=O)O. The molecule has 0 bridgehead atoms. The number of Topliss-reactive ketones (excluding diaryl/α,β-unsaturated/α-hetero) is 1. The van der Waals surface area contributed by atoms with Gasteiger partial charge in [-0.2, -0.15) is 4.98 Å². The van der Waals surface area contributed by atoms with Crippen LogP contribution in [-0.4, -0.2) is 130 Å². The summed E-state index contributed by atoms with van der Waals surface area (Å²) in [4.78, 5) is 98.1. The van der Waals surface area contributed by atoms with Gasteiger partial charge < -0.3 is 56.2 Å². The van der Waals surface area contributed by atoms with Gasteiger partial charge in [0.1, 0.15) is 17.9 Å². The molecular formula is C33H43N9O13S2. The van der Waals surface area contributed by atoms with Crippen LogP contribution in [0.25, 0.3) is 11.2 Å². The molecule has 0 saturated heterocycles. The van der Waals surface area contributed by atoms with E-state index in [2.05, 4.69) is 50.7 Å². The number of H-pyrrole nitrogens is 1. The average molecular weight is 838 g/mol. The van der Waals surface area contributed by atoms with Crippen LogP contribution in [-0.2, 0) is 39.9 Å². The molecule has 0 spiro atoms. The molecule has 3 amide bonds. The number of aromatic amines is 1. The highest BCUT2D eigenvalue weighted by Gasteiger charge is 2.22. The third-order valence-electron chi connectivity index (χ3n) is 7.38. The van der Waals surface area contributed by atoms with E-state index in [1.807, 2.05) is 0 Å². The van der Waals surface area contributed by atoms with Crippen molar-refractivity contribution in [3.8, 4) is 0 Å². The molecule has 2 atom stereocenters. The molecule has 24 heteroatoms. The maximum absolute atomic E-state index is 12.8. The lowest BCUT2D eigenvalue weighted by Gasteiger charge is -2.14. The van der Waals surface area contributed by atoms with Gasteiger partial charge in [-0.05, 0) is 43.4 Å². The number of benzene rings is 1. The van der Waals surface area contributed by atoms with Crippen LogP contribution >= 0.6 is 21.6 Å². The summed E-state index contributed by atoms with van der Waals surface area (Å²) in [5, 5.41) is 28.8. The van der Waals surface area contributed by atoms with Gasteiger partial charge in [-0.15, -0.1) is 0 Å². The molecule has 3 aromatic rings. The number of fused-ring (bicyclic) bond motifs is 1. The molecule has 57 heavy (non-hydrogen) atoms. The van der Waals surface area contributed by atoms with Gasteiger partial charge in [-0.25, -0.2) is 29.1 Å². The quantitative estimate of drug-likeness (QED) is 0.0319. The van der Waals surface area contributed by atoms with Crippen molar-refractivity contribution in [2.45, 2.75) is 44.3 Å². The summed E-state index contributed by atoms with van der Waals surface area (Å²) in [5.41, 5.74) is 6.44. The largest absolute Gasteiger partial charge is 0.480 e. The van der Waals surface area contributed by atoms with E-state index in [4.69, 9.17) is 20.3 Å². The van der Waals surface area contributed by atoms with Crippen LogP contribution < -0.4 is 32.6 Å². The zero-order valence-electron chi connectivity index (χ0n) is 30.6. The van der Waals surface area contributed by atoms with Gasteiger partial charge in [0.15, 0.2) is 11.2 Å². The number of alkyl carbamates (subject to hydrolysis) is 2. The fraction of sp³-hybridized carbons (Fsp3) is 0.455. The average Bonchev–Trinajstić information content (AvgIpc) is 3.17. The highest BCUT2D eigenvalue weighted by Crippen LogP contribution is 2.18. The van der Waals surface area contributed by atoms with E-state index in [0.717, 1.165) is 0 Å². The fourth-order valence-electron chi connectivity index (χ4n) is 4.52. The van der Waals surface area contributed by atoms with Crippen LogP contribution in [0.2, 0.25) is 0 Å². The second-order valence-electron chi connectivity index (χ2n) is 11.6. The van der Waals surface area contributed by atoms with Gasteiger partial charge in [-0.1, -0.05) is 21.6 Å². The maximum atomic E-state index is 12.8. The molecule has 1 unspecified atom stereocenters. The van der Waals surface area contributed by atoms with Crippen molar-refractivity contribution in [1.29, 1.82) is 0 Å². The van der Waals surface area contributed by atoms with E-state index in [-0.39, 0.29) is 93.0 Å². The Labute approximate surface area is 332 Å². The van der Waals surface area contributed by atoms with Crippen molar-refractivity contribution in [1.82, 2.24) is 35.9 Å². The number of aromatic nitrogens is 4. The Morgan fingerprint density at radius 3 is 2.30 bits per heavy atom. The van der Waals surface area contributed by atoms with Crippen molar-refractivity contribution < 1.29 is 57.9 Å². The molecule has 0 aliphatic carbocycles. The number of nitrogens with one attached hydrogen (secondary N) is 5. The number of carbonyl (C=O) groups is 6. The standard InChI is InChI=1S/C33H43N9O13S2/c1-56-57-17-24(30(48)49)40-33(51)55-18-54-32(50)35-10-12-53-14-13-52-11-2-3-22(43)8-9-23(29(46)47)39-27(44)19-4-6-20(7-5-19)36-15-21-16-37-26-25(38-21)28(45)42-31(34)41-26/h4-7,16,23-24,36H,2-3,8-15,17-18H2,1H3,(H,35,50)(H,39,44)(H,40,51)(H,46,47)(H,48,49)(H3,34,37,41,42,45)/t23-,24?/m0/s1. The number of ether oxygens (including phenoxy) is 4. The zero-order chi connectivity index (χ0) is 41.6. The van der Waals surface area contributed by atoms with Crippen molar-refractivity contribution in [2.75, 3.05) is 62.8 Å². The van der Waals surface area contributed by atoms with Gasteiger partial charge in [0.25, 0.3) is 11.5 Å². The second-order valence-corrected chi connectivity index (χ2v) is 14.2. The number of hydrogen-bond acceptors (Lipinski definition) is 18.